The van der Waals surface area contributed by atoms with Gasteiger partial charge in [-0.15, -0.1) is 0 Å². The summed E-state index contributed by atoms with van der Waals surface area (Å²) < 4.78 is 2.87. The van der Waals surface area contributed by atoms with Crippen LogP contribution in [0.1, 0.15) is 15.9 Å². The molecule has 1 aromatic heterocycles. The number of fused-ring (bicyclic) bond motifs is 1. The summed E-state index contributed by atoms with van der Waals surface area (Å²) >= 11 is 6.46. The first-order valence-corrected chi connectivity index (χ1v) is 9.06. The van der Waals surface area contributed by atoms with Gasteiger partial charge in [0, 0.05) is 27.1 Å². The minimum atomic E-state index is -0.540. The number of aromatic hydroxyl groups is 1. The lowest BCUT2D eigenvalue weighted by atomic mass is 10.2. The first kappa shape index (κ1) is 18.2. The SMILES string of the molecule is N#CCn1cc(/C=N\NC(=O)c2cc(Br)cc(Br)c2O)c2ccccc21. The van der Waals surface area contributed by atoms with Gasteiger partial charge in [0.2, 0.25) is 0 Å². The second-order valence-corrected chi connectivity index (χ2v) is 7.14. The number of hydrogen-bond donors (Lipinski definition) is 2. The molecule has 0 aliphatic carbocycles. The molecule has 130 valence electrons. The molecular formula is C18H12Br2N4O2. The fraction of sp³-hybridized carbons (Fsp3) is 0.0556. The number of nitrogens with one attached hydrogen (secondary N) is 1. The van der Waals surface area contributed by atoms with E-state index in [2.05, 4.69) is 48.5 Å². The molecule has 0 atom stereocenters. The summed E-state index contributed by atoms with van der Waals surface area (Å²) in [6.45, 7) is 0.223. The van der Waals surface area contributed by atoms with E-state index >= 15 is 0 Å². The van der Waals surface area contributed by atoms with Gasteiger partial charge in [-0.05, 0) is 34.1 Å². The van der Waals surface area contributed by atoms with Gasteiger partial charge in [0.15, 0.2) is 0 Å². The number of benzene rings is 2. The van der Waals surface area contributed by atoms with Gasteiger partial charge >= 0.3 is 0 Å². The second kappa shape index (κ2) is 7.72. The molecule has 0 aliphatic heterocycles. The number of aromatic nitrogens is 1. The monoisotopic (exact) mass is 474 g/mol. The van der Waals surface area contributed by atoms with Crippen LogP contribution in [0.25, 0.3) is 10.9 Å². The number of phenols is 1. The number of carbonyl (C=O) groups excluding carboxylic acids is 1. The number of hydrazone groups is 1. The quantitative estimate of drug-likeness (QED) is 0.438. The van der Waals surface area contributed by atoms with Crippen LogP contribution < -0.4 is 5.43 Å². The Morgan fingerprint density at radius 2 is 2.12 bits per heavy atom. The molecule has 1 heterocycles. The molecule has 1 amide bonds. The molecule has 0 saturated heterocycles. The van der Waals surface area contributed by atoms with Crippen molar-refractivity contribution in [1.29, 1.82) is 5.26 Å². The highest BCUT2D eigenvalue weighted by Crippen LogP contribution is 2.31. The van der Waals surface area contributed by atoms with E-state index in [0.29, 0.717) is 8.95 Å². The van der Waals surface area contributed by atoms with Crippen molar-refractivity contribution in [2.75, 3.05) is 0 Å². The molecule has 2 N–H and O–H groups in total. The minimum absolute atomic E-state index is 0.0929. The summed E-state index contributed by atoms with van der Waals surface area (Å²) in [6.07, 6.45) is 3.31. The van der Waals surface area contributed by atoms with Crippen molar-refractivity contribution in [3.05, 3.63) is 62.7 Å². The molecule has 2 aromatic carbocycles. The predicted octanol–water partition coefficient (Wildman–Crippen LogP) is 4.16. The number of nitrogens with zero attached hydrogens (tertiary/aromatic N) is 3. The van der Waals surface area contributed by atoms with E-state index in [1.165, 1.54) is 12.3 Å². The topological polar surface area (TPSA) is 90.4 Å². The van der Waals surface area contributed by atoms with E-state index in [4.69, 9.17) is 5.26 Å². The normalized spacial score (nSPS) is 11.0. The largest absolute Gasteiger partial charge is 0.506 e. The number of nitriles is 1. The standard InChI is InChI=1S/C18H12Br2N4O2/c19-12-7-14(17(25)15(20)8-12)18(26)23-22-9-11-10-24(6-5-21)16-4-2-1-3-13(11)16/h1-4,7-10,25H,6H2,(H,23,26)/b22-9-. The third-order valence-corrected chi connectivity index (χ3v) is 4.77. The summed E-state index contributed by atoms with van der Waals surface area (Å²) in [5.74, 6) is -0.701. The second-order valence-electron chi connectivity index (χ2n) is 5.37. The molecule has 26 heavy (non-hydrogen) atoms. The highest BCUT2D eigenvalue weighted by Gasteiger charge is 2.14. The molecule has 6 nitrogen and oxygen atoms in total. The lowest BCUT2D eigenvalue weighted by molar-refractivity contribution is 0.0952. The highest BCUT2D eigenvalue weighted by atomic mass is 79.9. The molecule has 0 aliphatic rings. The zero-order valence-corrected chi connectivity index (χ0v) is 16.5. The fourth-order valence-corrected chi connectivity index (χ4v) is 3.77. The van der Waals surface area contributed by atoms with Crippen molar-refractivity contribution in [1.82, 2.24) is 9.99 Å². The van der Waals surface area contributed by atoms with Crippen molar-refractivity contribution < 1.29 is 9.90 Å². The number of para-hydroxylation sites is 1. The molecule has 0 bridgehead atoms. The van der Waals surface area contributed by atoms with Crippen LogP contribution in [-0.4, -0.2) is 21.8 Å². The Kier molecular flexibility index (Phi) is 5.40. The van der Waals surface area contributed by atoms with Gasteiger partial charge in [-0.25, -0.2) is 5.43 Å². The maximum absolute atomic E-state index is 12.3. The zero-order valence-electron chi connectivity index (χ0n) is 13.3. The van der Waals surface area contributed by atoms with Gasteiger partial charge in [0.05, 0.1) is 22.3 Å². The third-order valence-electron chi connectivity index (χ3n) is 3.70. The van der Waals surface area contributed by atoms with Crippen LogP contribution in [-0.2, 0) is 6.54 Å². The van der Waals surface area contributed by atoms with Gasteiger partial charge in [-0.3, -0.25) is 4.79 Å². The zero-order chi connectivity index (χ0) is 18.7. The minimum Gasteiger partial charge on any atom is -0.506 e. The number of carbonyl (C=O) groups is 1. The molecule has 0 fully saturated rings. The van der Waals surface area contributed by atoms with Gasteiger partial charge < -0.3 is 9.67 Å². The first-order chi connectivity index (χ1) is 12.5. The van der Waals surface area contributed by atoms with Gasteiger partial charge in [-0.1, -0.05) is 34.1 Å². The Balaban J connectivity index is 1.85. The van der Waals surface area contributed by atoms with Crippen LogP contribution in [0, 0.1) is 11.3 Å². The Labute approximate surface area is 166 Å². The van der Waals surface area contributed by atoms with Crippen LogP contribution in [0.2, 0.25) is 0 Å². The highest BCUT2D eigenvalue weighted by molar-refractivity contribution is 9.11. The molecule has 0 spiro atoms. The molecule has 0 saturated carbocycles. The molecule has 0 radical (unpaired) electrons. The smallest absolute Gasteiger partial charge is 0.275 e. The predicted molar refractivity (Wildman–Crippen MR) is 106 cm³/mol. The molecule has 3 aromatic rings. The average Bonchev–Trinajstić information content (AvgIpc) is 2.96. The van der Waals surface area contributed by atoms with Gasteiger partial charge in [-0.2, -0.15) is 10.4 Å². The Hall–Kier alpha value is -2.63. The lowest BCUT2D eigenvalue weighted by Gasteiger charge is -2.05. The van der Waals surface area contributed by atoms with Crippen LogP contribution in [0.5, 0.6) is 5.75 Å². The third kappa shape index (κ3) is 3.64. The lowest BCUT2D eigenvalue weighted by Crippen LogP contribution is -2.17. The van der Waals surface area contributed by atoms with E-state index in [1.54, 1.807) is 12.3 Å². The summed E-state index contributed by atoms with van der Waals surface area (Å²) in [5.41, 5.74) is 4.18. The van der Waals surface area contributed by atoms with Gasteiger partial charge in [0.25, 0.3) is 5.91 Å². The molecular weight excluding hydrogens is 464 g/mol. The van der Waals surface area contributed by atoms with Crippen molar-refractivity contribution in [3.63, 3.8) is 0 Å². The van der Waals surface area contributed by atoms with Crippen molar-refractivity contribution in [3.8, 4) is 11.8 Å². The average molecular weight is 476 g/mol. The molecule has 0 unspecified atom stereocenters. The summed E-state index contributed by atoms with van der Waals surface area (Å²) in [4.78, 5) is 12.3. The maximum Gasteiger partial charge on any atom is 0.275 e. The molecule has 8 heteroatoms. The number of amides is 1. The summed E-state index contributed by atoms with van der Waals surface area (Å²) in [6, 6.07) is 12.9. The Morgan fingerprint density at radius 1 is 1.35 bits per heavy atom. The van der Waals surface area contributed by atoms with E-state index < -0.39 is 5.91 Å². The number of phenolic OH excluding ortho intramolecular Hbond substituents is 1. The Morgan fingerprint density at radius 3 is 2.88 bits per heavy atom. The van der Waals surface area contributed by atoms with Crippen molar-refractivity contribution >= 4 is 54.9 Å². The summed E-state index contributed by atoms with van der Waals surface area (Å²) in [5, 5.41) is 23.8. The number of hydrogen-bond acceptors (Lipinski definition) is 4. The van der Waals surface area contributed by atoms with E-state index in [-0.39, 0.29) is 17.9 Å². The van der Waals surface area contributed by atoms with Crippen LogP contribution >= 0.6 is 31.9 Å². The van der Waals surface area contributed by atoms with Crippen molar-refractivity contribution in [2.45, 2.75) is 6.54 Å². The molecule has 3 rings (SSSR count). The van der Waals surface area contributed by atoms with Crippen LogP contribution in [0.4, 0.5) is 0 Å². The van der Waals surface area contributed by atoms with E-state index in [9.17, 15) is 9.90 Å². The van der Waals surface area contributed by atoms with Gasteiger partial charge in [0.1, 0.15) is 12.3 Å². The first-order valence-electron chi connectivity index (χ1n) is 7.47. The number of halogens is 2. The van der Waals surface area contributed by atoms with Crippen LogP contribution in [0.3, 0.4) is 0 Å². The van der Waals surface area contributed by atoms with E-state index in [1.807, 2.05) is 28.8 Å². The Bertz CT molecular complexity index is 1070. The van der Waals surface area contributed by atoms with Crippen LogP contribution in [0.15, 0.2) is 56.6 Å². The van der Waals surface area contributed by atoms with E-state index in [0.717, 1.165) is 16.5 Å². The van der Waals surface area contributed by atoms with Crippen molar-refractivity contribution in [2.24, 2.45) is 5.10 Å². The number of rotatable bonds is 4. The fourth-order valence-electron chi connectivity index (χ4n) is 2.54. The maximum atomic E-state index is 12.3. The summed E-state index contributed by atoms with van der Waals surface area (Å²) in [7, 11) is 0.